The van der Waals surface area contributed by atoms with Crippen molar-refractivity contribution in [2.45, 2.75) is 0 Å². The number of halogens is 1. The number of aromatic carboxylic acids is 1. The molecule has 1 heterocycles. The van der Waals surface area contributed by atoms with Gasteiger partial charge in [-0.3, -0.25) is 0 Å². The molecule has 0 spiro atoms. The van der Waals surface area contributed by atoms with E-state index in [1.54, 1.807) is 0 Å². The Labute approximate surface area is 96.1 Å². The van der Waals surface area contributed by atoms with Gasteiger partial charge < -0.3 is 9.84 Å². The Morgan fingerprint density at radius 3 is 2.53 bits per heavy atom. The molecule has 0 atom stereocenters. The molecule has 5 nitrogen and oxygen atoms in total. The summed E-state index contributed by atoms with van der Waals surface area (Å²) in [6, 6.07) is 5.52. The maximum Gasteiger partial charge on any atom is 0.360 e. The minimum Gasteiger partial charge on any atom is -0.493 e. The maximum atomic E-state index is 12.7. The molecule has 88 valence electrons. The number of hydrogen-bond donors (Lipinski definition) is 1. The van der Waals surface area contributed by atoms with Gasteiger partial charge in [-0.05, 0) is 24.3 Å². The molecule has 0 fully saturated rings. The summed E-state index contributed by atoms with van der Waals surface area (Å²) in [6.45, 7) is 0. The minimum atomic E-state index is -1.18. The predicted molar refractivity (Wildman–Crippen MR) is 57.0 cm³/mol. The second-order valence-corrected chi connectivity index (χ2v) is 3.27. The highest BCUT2D eigenvalue weighted by Crippen LogP contribution is 2.19. The number of carbonyl (C=O) groups is 1. The number of methoxy groups -OCH3 is 1. The van der Waals surface area contributed by atoms with Gasteiger partial charge in [-0.15, -0.1) is 0 Å². The van der Waals surface area contributed by atoms with E-state index in [1.807, 2.05) is 0 Å². The summed E-state index contributed by atoms with van der Waals surface area (Å²) in [7, 11) is 1.36. The first-order valence-corrected chi connectivity index (χ1v) is 4.74. The van der Waals surface area contributed by atoms with E-state index < -0.39 is 5.97 Å². The van der Waals surface area contributed by atoms with Crippen molar-refractivity contribution in [2.75, 3.05) is 7.11 Å². The topological polar surface area (TPSA) is 64.4 Å². The van der Waals surface area contributed by atoms with Crippen molar-refractivity contribution in [3.05, 3.63) is 42.0 Å². The van der Waals surface area contributed by atoms with Gasteiger partial charge in [-0.1, -0.05) is 0 Å². The highest BCUT2D eigenvalue weighted by molar-refractivity contribution is 5.88. The van der Waals surface area contributed by atoms with Crippen LogP contribution < -0.4 is 4.74 Å². The number of carboxylic acid groups (broad SMARTS) is 1. The Bertz CT molecular complexity index is 548. The van der Waals surface area contributed by atoms with E-state index in [-0.39, 0.29) is 17.3 Å². The van der Waals surface area contributed by atoms with E-state index in [4.69, 9.17) is 9.84 Å². The number of hydrogen-bond acceptors (Lipinski definition) is 3. The Morgan fingerprint density at radius 2 is 2.06 bits per heavy atom. The fourth-order valence-corrected chi connectivity index (χ4v) is 1.38. The number of aromatic nitrogens is 2. The molecule has 1 N–H and O–H groups in total. The van der Waals surface area contributed by atoms with Crippen LogP contribution in [0.5, 0.6) is 5.75 Å². The second-order valence-electron chi connectivity index (χ2n) is 3.27. The molecule has 0 aliphatic carbocycles. The smallest absolute Gasteiger partial charge is 0.360 e. The molecule has 1 aromatic heterocycles. The standard InChI is InChI=1S/C11H9FN2O3/c1-17-9-6-14(13-10(9)11(15)16)8-4-2-7(12)3-5-8/h2-6H,1H3,(H,15,16). The molecule has 17 heavy (non-hydrogen) atoms. The summed E-state index contributed by atoms with van der Waals surface area (Å²) in [5.41, 5.74) is 0.369. The highest BCUT2D eigenvalue weighted by atomic mass is 19.1. The SMILES string of the molecule is COc1cn(-c2ccc(F)cc2)nc1C(=O)O. The average Bonchev–Trinajstić information content (AvgIpc) is 2.74. The van der Waals surface area contributed by atoms with Crippen molar-refractivity contribution in [3.8, 4) is 11.4 Å². The number of ether oxygens (including phenoxy) is 1. The lowest BCUT2D eigenvalue weighted by Gasteiger charge is -1.99. The Hall–Kier alpha value is -2.37. The van der Waals surface area contributed by atoms with Crippen LogP contribution in [0, 0.1) is 5.82 Å². The zero-order valence-corrected chi connectivity index (χ0v) is 8.92. The molecule has 0 aliphatic rings. The van der Waals surface area contributed by atoms with E-state index in [9.17, 15) is 9.18 Å². The number of benzene rings is 1. The van der Waals surface area contributed by atoms with E-state index >= 15 is 0 Å². The van der Waals surface area contributed by atoms with E-state index in [1.165, 1.54) is 42.3 Å². The van der Waals surface area contributed by atoms with Gasteiger partial charge >= 0.3 is 5.97 Å². The lowest BCUT2D eigenvalue weighted by atomic mass is 10.3. The third-order valence-electron chi connectivity index (χ3n) is 2.19. The first-order chi connectivity index (χ1) is 8.11. The van der Waals surface area contributed by atoms with Crippen LogP contribution in [0.4, 0.5) is 4.39 Å². The largest absolute Gasteiger partial charge is 0.493 e. The van der Waals surface area contributed by atoms with Crippen molar-refractivity contribution in [3.63, 3.8) is 0 Å². The fourth-order valence-electron chi connectivity index (χ4n) is 1.38. The number of rotatable bonds is 3. The summed E-state index contributed by atoms with van der Waals surface area (Å²) in [5.74, 6) is -1.39. The first kappa shape index (κ1) is 11.1. The van der Waals surface area contributed by atoms with Crippen LogP contribution in [0.1, 0.15) is 10.5 Å². The zero-order valence-electron chi connectivity index (χ0n) is 8.92. The van der Waals surface area contributed by atoms with Crippen molar-refractivity contribution in [2.24, 2.45) is 0 Å². The van der Waals surface area contributed by atoms with Gasteiger partial charge in [0.15, 0.2) is 5.75 Å². The lowest BCUT2D eigenvalue weighted by Crippen LogP contribution is -2.02. The second kappa shape index (κ2) is 4.25. The quantitative estimate of drug-likeness (QED) is 0.881. The monoisotopic (exact) mass is 236 g/mol. The molecule has 0 aliphatic heterocycles. The third kappa shape index (κ3) is 2.10. The lowest BCUT2D eigenvalue weighted by molar-refractivity contribution is 0.0686. The van der Waals surface area contributed by atoms with Gasteiger partial charge in [0.25, 0.3) is 0 Å². The molecule has 0 radical (unpaired) electrons. The fraction of sp³-hybridized carbons (Fsp3) is 0.0909. The van der Waals surface area contributed by atoms with Crippen LogP contribution in [0.25, 0.3) is 5.69 Å². The van der Waals surface area contributed by atoms with E-state index in [0.717, 1.165) is 0 Å². The molecular weight excluding hydrogens is 227 g/mol. The third-order valence-corrected chi connectivity index (χ3v) is 2.19. The molecule has 0 saturated heterocycles. The molecule has 6 heteroatoms. The van der Waals surface area contributed by atoms with Gasteiger partial charge in [0, 0.05) is 0 Å². The van der Waals surface area contributed by atoms with Crippen LogP contribution in [-0.2, 0) is 0 Å². The Kier molecular flexibility index (Phi) is 2.78. The number of carboxylic acids is 1. The molecule has 2 aromatic rings. The first-order valence-electron chi connectivity index (χ1n) is 4.74. The van der Waals surface area contributed by atoms with Crippen LogP contribution in [0.15, 0.2) is 30.5 Å². The van der Waals surface area contributed by atoms with Crippen LogP contribution in [-0.4, -0.2) is 28.0 Å². The van der Waals surface area contributed by atoms with Crippen LogP contribution in [0.3, 0.4) is 0 Å². The maximum absolute atomic E-state index is 12.7. The molecule has 1 aromatic carbocycles. The molecule has 2 rings (SSSR count). The molecule has 0 amide bonds. The molecular formula is C11H9FN2O3. The Balaban J connectivity index is 2.46. The van der Waals surface area contributed by atoms with E-state index in [0.29, 0.717) is 5.69 Å². The van der Waals surface area contributed by atoms with Gasteiger partial charge in [0.05, 0.1) is 19.0 Å². The van der Waals surface area contributed by atoms with Crippen molar-refractivity contribution in [1.29, 1.82) is 0 Å². The summed E-state index contributed by atoms with van der Waals surface area (Å²) >= 11 is 0. The van der Waals surface area contributed by atoms with Crippen molar-refractivity contribution >= 4 is 5.97 Å². The average molecular weight is 236 g/mol. The van der Waals surface area contributed by atoms with Gasteiger partial charge in [0.2, 0.25) is 5.69 Å². The summed E-state index contributed by atoms with van der Waals surface area (Å²) < 4.78 is 18.9. The molecule has 0 bridgehead atoms. The zero-order chi connectivity index (χ0) is 12.4. The van der Waals surface area contributed by atoms with Gasteiger partial charge in [-0.2, -0.15) is 5.10 Å². The summed E-state index contributed by atoms with van der Waals surface area (Å²) in [6.07, 6.45) is 1.43. The minimum absolute atomic E-state index is 0.154. The molecule has 0 unspecified atom stereocenters. The Morgan fingerprint density at radius 1 is 1.41 bits per heavy atom. The number of nitrogens with zero attached hydrogens (tertiary/aromatic N) is 2. The van der Waals surface area contributed by atoms with Gasteiger partial charge in [-0.25, -0.2) is 13.9 Å². The summed E-state index contributed by atoms with van der Waals surface area (Å²) in [4.78, 5) is 10.9. The predicted octanol–water partition coefficient (Wildman–Crippen LogP) is 1.72. The normalized spacial score (nSPS) is 10.2. The van der Waals surface area contributed by atoms with Crippen molar-refractivity contribution in [1.82, 2.24) is 9.78 Å². The molecule has 0 saturated carbocycles. The van der Waals surface area contributed by atoms with Crippen LogP contribution in [0.2, 0.25) is 0 Å². The van der Waals surface area contributed by atoms with Gasteiger partial charge in [0.1, 0.15) is 5.82 Å². The highest BCUT2D eigenvalue weighted by Gasteiger charge is 2.16. The van der Waals surface area contributed by atoms with Crippen molar-refractivity contribution < 1.29 is 19.0 Å². The van der Waals surface area contributed by atoms with Crippen LogP contribution >= 0.6 is 0 Å². The summed E-state index contributed by atoms with van der Waals surface area (Å²) in [5, 5.41) is 12.7. The van der Waals surface area contributed by atoms with E-state index in [2.05, 4.69) is 5.10 Å².